The lowest BCUT2D eigenvalue weighted by molar-refractivity contribution is -0.112. The highest BCUT2D eigenvalue weighted by atomic mass is 16.1. The highest BCUT2D eigenvalue weighted by Crippen LogP contribution is 1.73. The maximum Gasteiger partial charge on any atom is 0.160 e. The van der Waals surface area contributed by atoms with E-state index in [1.165, 1.54) is 13.0 Å². The third kappa shape index (κ3) is 6.93. The summed E-state index contributed by atoms with van der Waals surface area (Å²) in [6.45, 7) is 3.41. The molecule has 0 aromatic heterocycles. The van der Waals surface area contributed by atoms with Gasteiger partial charge in [0.25, 0.3) is 0 Å². The second-order valence-corrected chi connectivity index (χ2v) is 1.61. The van der Waals surface area contributed by atoms with Crippen molar-refractivity contribution < 1.29 is 4.79 Å². The van der Waals surface area contributed by atoms with Gasteiger partial charge < -0.3 is 0 Å². The van der Waals surface area contributed by atoms with Crippen LogP contribution in [0, 0.1) is 0 Å². The Hall–Kier alpha value is -1.07. The van der Waals surface area contributed by atoms with Crippen molar-refractivity contribution in [1.82, 2.24) is 0 Å². The standard InChI is InChI=1S/C8H10O/c1-3-4-5-6-7-8(2)9/h3-5,7H,1-2H3. The van der Waals surface area contributed by atoms with Crippen molar-refractivity contribution in [1.29, 1.82) is 0 Å². The molecule has 0 radical (unpaired) electrons. The van der Waals surface area contributed by atoms with Crippen LogP contribution < -0.4 is 0 Å². The van der Waals surface area contributed by atoms with E-state index in [-0.39, 0.29) is 5.78 Å². The molecule has 0 saturated carbocycles. The van der Waals surface area contributed by atoms with Gasteiger partial charge in [0.2, 0.25) is 0 Å². The van der Waals surface area contributed by atoms with Crippen molar-refractivity contribution in [3.63, 3.8) is 0 Å². The van der Waals surface area contributed by atoms with Gasteiger partial charge >= 0.3 is 0 Å². The van der Waals surface area contributed by atoms with Gasteiger partial charge in [-0.15, -0.1) is 5.73 Å². The molecule has 48 valence electrons. The highest BCUT2D eigenvalue weighted by molar-refractivity contribution is 5.86. The zero-order valence-electron chi connectivity index (χ0n) is 5.72. The average molecular weight is 122 g/mol. The van der Waals surface area contributed by atoms with Crippen molar-refractivity contribution in [2.45, 2.75) is 13.8 Å². The smallest absolute Gasteiger partial charge is 0.160 e. The Morgan fingerprint density at radius 2 is 2.22 bits per heavy atom. The van der Waals surface area contributed by atoms with Crippen molar-refractivity contribution in [3.8, 4) is 0 Å². The Morgan fingerprint density at radius 3 is 2.67 bits per heavy atom. The Morgan fingerprint density at radius 1 is 1.56 bits per heavy atom. The van der Waals surface area contributed by atoms with Gasteiger partial charge in [-0.25, -0.2) is 0 Å². The Labute approximate surface area is 55.4 Å². The molecule has 0 aliphatic heterocycles. The maximum absolute atomic E-state index is 10.2. The highest BCUT2D eigenvalue weighted by Gasteiger charge is 1.73. The predicted octanol–water partition coefficient (Wildman–Crippen LogP) is 1.86. The largest absolute Gasteiger partial charge is 0.294 e. The molecule has 0 atom stereocenters. The van der Waals surface area contributed by atoms with Gasteiger partial charge in [0.15, 0.2) is 5.78 Å². The number of rotatable bonds is 2. The van der Waals surface area contributed by atoms with Crippen molar-refractivity contribution in [2.75, 3.05) is 0 Å². The van der Waals surface area contributed by atoms with E-state index in [2.05, 4.69) is 5.73 Å². The normalized spacial score (nSPS) is 8.67. The van der Waals surface area contributed by atoms with Crippen LogP contribution in [0.3, 0.4) is 0 Å². The molecule has 1 nitrogen and oxygen atoms in total. The number of allylic oxidation sites excluding steroid dienone is 3. The molecule has 0 aromatic rings. The molecule has 0 unspecified atom stereocenters. The fraction of sp³-hybridized carbons (Fsp3) is 0.250. The summed E-state index contributed by atoms with van der Waals surface area (Å²) in [5, 5.41) is 0. The van der Waals surface area contributed by atoms with E-state index in [9.17, 15) is 4.79 Å². The molecule has 0 N–H and O–H groups in total. The number of carbonyl (C=O) groups is 1. The molecule has 0 heterocycles. The van der Waals surface area contributed by atoms with Crippen LogP contribution in [0.2, 0.25) is 0 Å². The van der Waals surface area contributed by atoms with Crippen LogP contribution >= 0.6 is 0 Å². The molecule has 0 spiro atoms. The van der Waals surface area contributed by atoms with Gasteiger partial charge in [0, 0.05) is 6.08 Å². The molecule has 0 bridgehead atoms. The molecule has 0 saturated heterocycles. The van der Waals surface area contributed by atoms with Crippen molar-refractivity contribution in [3.05, 3.63) is 30.0 Å². The Balaban J connectivity index is 3.82. The second kappa shape index (κ2) is 5.07. The monoisotopic (exact) mass is 122 g/mol. The summed E-state index contributed by atoms with van der Waals surface area (Å²) >= 11 is 0. The summed E-state index contributed by atoms with van der Waals surface area (Å²) < 4.78 is 0. The minimum absolute atomic E-state index is 0.0238. The van der Waals surface area contributed by atoms with E-state index in [1.807, 2.05) is 19.1 Å². The molecule has 1 heteroatoms. The van der Waals surface area contributed by atoms with Gasteiger partial charge in [-0.2, -0.15) is 0 Å². The first-order valence-corrected chi connectivity index (χ1v) is 2.81. The van der Waals surface area contributed by atoms with E-state index < -0.39 is 0 Å². The molecule has 0 aliphatic rings. The molecule has 0 aromatic carbocycles. The van der Waals surface area contributed by atoms with Crippen LogP contribution in [-0.4, -0.2) is 5.78 Å². The fourth-order valence-corrected chi connectivity index (χ4v) is 0.317. The molecule has 0 rings (SSSR count). The molecule has 0 aliphatic carbocycles. The summed E-state index contributed by atoms with van der Waals surface area (Å²) in [5.74, 6) is 0.0238. The maximum atomic E-state index is 10.2. The Kier molecular flexibility index (Phi) is 4.47. The summed E-state index contributed by atoms with van der Waals surface area (Å²) in [4.78, 5) is 10.2. The first-order valence-electron chi connectivity index (χ1n) is 2.81. The number of carbonyl (C=O) groups excluding carboxylic acids is 1. The molecule has 0 fully saturated rings. The SMILES string of the molecule is CC=CC=C=CC(C)=O. The van der Waals surface area contributed by atoms with E-state index in [1.54, 1.807) is 6.08 Å². The summed E-state index contributed by atoms with van der Waals surface area (Å²) in [5.41, 5.74) is 2.70. The van der Waals surface area contributed by atoms with Crippen LogP contribution in [-0.2, 0) is 4.79 Å². The predicted molar refractivity (Wildman–Crippen MR) is 38.1 cm³/mol. The number of hydrogen-bond donors (Lipinski definition) is 0. The van der Waals surface area contributed by atoms with E-state index in [4.69, 9.17) is 0 Å². The van der Waals surface area contributed by atoms with Gasteiger partial charge in [0.05, 0.1) is 0 Å². The lowest BCUT2D eigenvalue weighted by Gasteiger charge is -1.68. The van der Waals surface area contributed by atoms with E-state index in [0.717, 1.165) is 0 Å². The van der Waals surface area contributed by atoms with Crippen LogP contribution in [0.4, 0.5) is 0 Å². The summed E-state index contributed by atoms with van der Waals surface area (Å²) in [6, 6.07) is 0. The molecule has 9 heavy (non-hydrogen) atoms. The fourth-order valence-electron chi connectivity index (χ4n) is 0.317. The van der Waals surface area contributed by atoms with E-state index in [0.29, 0.717) is 0 Å². The van der Waals surface area contributed by atoms with Crippen LogP contribution in [0.25, 0.3) is 0 Å². The lowest BCUT2D eigenvalue weighted by Crippen LogP contribution is -1.75. The molecular formula is C8H10O. The molecule has 0 amide bonds. The summed E-state index contributed by atoms with van der Waals surface area (Å²) in [7, 11) is 0. The first kappa shape index (κ1) is 7.93. The number of ketones is 1. The lowest BCUT2D eigenvalue weighted by atomic mass is 10.4. The first-order chi connectivity index (χ1) is 4.27. The third-order valence-electron chi connectivity index (χ3n) is 0.671. The molecular weight excluding hydrogens is 112 g/mol. The minimum Gasteiger partial charge on any atom is -0.294 e. The van der Waals surface area contributed by atoms with Gasteiger partial charge in [0.1, 0.15) is 0 Å². The van der Waals surface area contributed by atoms with Gasteiger partial charge in [-0.1, -0.05) is 12.2 Å². The third-order valence-corrected chi connectivity index (χ3v) is 0.671. The minimum atomic E-state index is 0.0238. The van der Waals surface area contributed by atoms with Gasteiger partial charge in [-0.3, -0.25) is 4.79 Å². The van der Waals surface area contributed by atoms with E-state index >= 15 is 0 Å². The second-order valence-electron chi connectivity index (χ2n) is 1.61. The van der Waals surface area contributed by atoms with Crippen LogP contribution in [0.15, 0.2) is 30.0 Å². The zero-order valence-corrected chi connectivity index (χ0v) is 5.72. The van der Waals surface area contributed by atoms with Crippen LogP contribution in [0.5, 0.6) is 0 Å². The zero-order chi connectivity index (χ0) is 7.11. The van der Waals surface area contributed by atoms with Crippen LogP contribution in [0.1, 0.15) is 13.8 Å². The van der Waals surface area contributed by atoms with Gasteiger partial charge in [-0.05, 0) is 19.9 Å². The summed E-state index contributed by atoms with van der Waals surface area (Å²) in [6.07, 6.45) is 6.79. The average Bonchev–Trinajstić information content (AvgIpc) is 1.80. The quantitative estimate of drug-likeness (QED) is 0.310. The Bertz CT molecular complexity index is 169. The van der Waals surface area contributed by atoms with Crippen molar-refractivity contribution in [2.24, 2.45) is 0 Å². The number of hydrogen-bond acceptors (Lipinski definition) is 1. The van der Waals surface area contributed by atoms with Crippen molar-refractivity contribution >= 4 is 5.78 Å². The topological polar surface area (TPSA) is 17.1 Å².